The maximum Gasteiger partial charge on any atom is 0.289 e. The minimum atomic E-state index is -2.77. The van der Waals surface area contributed by atoms with Crippen molar-refractivity contribution in [1.82, 2.24) is 29.9 Å². The number of morpholine rings is 1. The van der Waals surface area contributed by atoms with Gasteiger partial charge < -0.3 is 24.8 Å². The Morgan fingerprint density at radius 2 is 1.84 bits per heavy atom. The molecule has 0 saturated carbocycles. The van der Waals surface area contributed by atoms with Crippen LogP contribution >= 0.6 is 0 Å². The third kappa shape index (κ3) is 5.33. The molecule has 0 radical (unpaired) electrons. The Bertz CT molecular complexity index is 1760. The number of piperidine rings is 1. The number of amides is 1. The zero-order valence-electron chi connectivity index (χ0n) is 24.1. The summed E-state index contributed by atoms with van der Waals surface area (Å²) in [6.45, 7) is 7.69. The van der Waals surface area contributed by atoms with Gasteiger partial charge in [-0.15, -0.1) is 0 Å². The quantitative estimate of drug-likeness (QED) is 0.300. The summed E-state index contributed by atoms with van der Waals surface area (Å²) in [7, 11) is -2.77. The first-order chi connectivity index (χ1) is 21.0. The number of anilines is 3. The molecule has 3 aromatic heterocycles. The van der Waals surface area contributed by atoms with Gasteiger partial charge in [0.15, 0.2) is 16.4 Å². The van der Waals surface area contributed by atoms with E-state index in [-0.39, 0.29) is 11.9 Å². The van der Waals surface area contributed by atoms with Crippen molar-refractivity contribution in [2.75, 3.05) is 66.5 Å². The summed E-state index contributed by atoms with van der Waals surface area (Å²) in [4.78, 5) is 34.1. The van der Waals surface area contributed by atoms with Crippen molar-refractivity contribution in [2.24, 2.45) is 0 Å². The molecule has 1 unspecified atom stereocenters. The standard InChI is InChI=1S/C29H35N9O4S/c1-19-6-4-7-20-26(19)28(33-27(31-20)29(39)30-18-43(40)41)37-11-3-2-8-22(37)21-16-24-32-23(35-9-5-10-35)17-25(38(24)34-21)36-12-14-42-15-13-36/h4,6-7,16-17,22,43H,2-3,5,8-15,18H2,1H3,(H,30,39). The molecule has 226 valence electrons. The molecule has 0 spiro atoms. The van der Waals surface area contributed by atoms with Gasteiger partial charge in [-0.25, -0.2) is 23.4 Å². The highest BCUT2D eigenvalue weighted by Crippen LogP contribution is 2.39. The summed E-state index contributed by atoms with van der Waals surface area (Å²) >= 11 is 0. The summed E-state index contributed by atoms with van der Waals surface area (Å²) in [5.74, 6) is 1.50. The van der Waals surface area contributed by atoms with Crippen molar-refractivity contribution in [3.8, 4) is 0 Å². The molecule has 3 fully saturated rings. The Kier molecular flexibility index (Phi) is 7.47. The Morgan fingerprint density at radius 1 is 1.00 bits per heavy atom. The minimum absolute atomic E-state index is 0.0558. The van der Waals surface area contributed by atoms with E-state index in [1.165, 1.54) is 6.42 Å². The third-order valence-electron chi connectivity index (χ3n) is 8.53. The lowest BCUT2D eigenvalue weighted by molar-refractivity contribution is 0.0950. The Balaban J connectivity index is 1.33. The van der Waals surface area contributed by atoms with Crippen molar-refractivity contribution in [2.45, 2.75) is 38.6 Å². The second kappa shape index (κ2) is 11.6. The van der Waals surface area contributed by atoms with Crippen LogP contribution < -0.4 is 20.0 Å². The summed E-state index contributed by atoms with van der Waals surface area (Å²) in [5, 5.41) is 8.44. The second-order valence-electron chi connectivity index (χ2n) is 11.3. The molecule has 3 aliphatic rings. The SMILES string of the molecule is Cc1cccc2nc(C(=O)NC[SH](=O)=O)nc(N3CCCCC3c3cc4nc(N5CCC5)cc(N5CCOCC5)n4n3)c12. The van der Waals surface area contributed by atoms with Gasteiger partial charge in [0, 0.05) is 50.2 Å². The molecular weight excluding hydrogens is 570 g/mol. The van der Waals surface area contributed by atoms with E-state index in [1.807, 2.05) is 29.6 Å². The third-order valence-corrected chi connectivity index (χ3v) is 8.95. The van der Waals surface area contributed by atoms with Crippen LogP contribution in [0.3, 0.4) is 0 Å². The van der Waals surface area contributed by atoms with Crippen LogP contribution in [0.5, 0.6) is 0 Å². The van der Waals surface area contributed by atoms with E-state index < -0.39 is 22.5 Å². The number of nitrogens with zero attached hydrogens (tertiary/aromatic N) is 8. The largest absolute Gasteiger partial charge is 0.378 e. The first kappa shape index (κ1) is 27.8. The summed E-state index contributed by atoms with van der Waals surface area (Å²) in [5.41, 5.74) is 3.34. The number of hydrogen-bond donors (Lipinski definition) is 2. The van der Waals surface area contributed by atoms with Crippen LogP contribution in [0.2, 0.25) is 0 Å². The van der Waals surface area contributed by atoms with Crippen molar-refractivity contribution in [1.29, 1.82) is 0 Å². The number of benzene rings is 1. The zero-order valence-corrected chi connectivity index (χ0v) is 25.0. The number of carbonyl (C=O) groups excluding carboxylic acids is 1. The van der Waals surface area contributed by atoms with Gasteiger partial charge in [-0.05, 0) is 44.2 Å². The van der Waals surface area contributed by atoms with Gasteiger partial charge in [-0.1, -0.05) is 12.1 Å². The average Bonchev–Trinajstić information content (AvgIpc) is 3.43. The summed E-state index contributed by atoms with van der Waals surface area (Å²) < 4.78 is 29.9. The first-order valence-corrected chi connectivity index (χ1v) is 16.2. The first-order valence-electron chi connectivity index (χ1n) is 14.9. The van der Waals surface area contributed by atoms with Crippen LogP contribution in [-0.4, -0.2) is 90.7 Å². The molecule has 3 saturated heterocycles. The molecule has 3 aliphatic heterocycles. The van der Waals surface area contributed by atoms with E-state index in [4.69, 9.17) is 19.8 Å². The van der Waals surface area contributed by atoms with Gasteiger partial charge in [-0.3, -0.25) is 4.79 Å². The van der Waals surface area contributed by atoms with Gasteiger partial charge >= 0.3 is 0 Å². The monoisotopic (exact) mass is 605 g/mol. The molecule has 0 bridgehead atoms. The Morgan fingerprint density at radius 3 is 2.60 bits per heavy atom. The number of fused-ring (bicyclic) bond motifs is 2. The predicted molar refractivity (Wildman–Crippen MR) is 164 cm³/mol. The van der Waals surface area contributed by atoms with Crippen molar-refractivity contribution in [3.63, 3.8) is 0 Å². The molecule has 4 aromatic rings. The number of carbonyl (C=O) groups is 1. The number of aromatic nitrogens is 5. The van der Waals surface area contributed by atoms with Crippen LogP contribution in [0.1, 0.15) is 53.6 Å². The number of rotatable bonds is 7. The van der Waals surface area contributed by atoms with Crippen molar-refractivity contribution < 1.29 is 17.9 Å². The lowest BCUT2D eigenvalue weighted by Crippen LogP contribution is -2.40. The molecule has 1 N–H and O–H groups in total. The highest BCUT2D eigenvalue weighted by molar-refractivity contribution is 7.72. The van der Waals surface area contributed by atoms with Crippen molar-refractivity contribution >= 4 is 50.6 Å². The van der Waals surface area contributed by atoms with Gasteiger partial charge in [0.1, 0.15) is 23.3 Å². The highest BCUT2D eigenvalue weighted by atomic mass is 32.2. The molecule has 1 amide bonds. The lowest BCUT2D eigenvalue weighted by atomic mass is 9.98. The number of thiol groups is 1. The molecule has 1 aromatic carbocycles. The van der Waals surface area contributed by atoms with Crippen LogP contribution in [0.15, 0.2) is 30.3 Å². The smallest absolute Gasteiger partial charge is 0.289 e. The van der Waals surface area contributed by atoms with Crippen LogP contribution in [-0.2, 0) is 15.4 Å². The van der Waals surface area contributed by atoms with E-state index >= 15 is 0 Å². The summed E-state index contributed by atoms with van der Waals surface area (Å²) in [6.07, 6.45) is 4.04. The molecule has 1 atom stereocenters. The van der Waals surface area contributed by atoms with Crippen LogP contribution in [0.25, 0.3) is 16.6 Å². The fourth-order valence-electron chi connectivity index (χ4n) is 6.20. The number of aryl methyl sites for hydroxylation is 1. The number of ether oxygens (including phenoxy) is 1. The molecule has 43 heavy (non-hydrogen) atoms. The van der Waals surface area contributed by atoms with Gasteiger partial charge in [0.25, 0.3) is 5.91 Å². The fraction of sp³-hybridized carbons (Fsp3) is 0.483. The van der Waals surface area contributed by atoms with Gasteiger partial charge in [0.2, 0.25) is 5.82 Å². The molecule has 6 heterocycles. The summed E-state index contributed by atoms with van der Waals surface area (Å²) in [6, 6.07) is 9.91. The van der Waals surface area contributed by atoms with Crippen molar-refractivity contribution in [3.05, 3.63) is 47.4 Å². The average molecular weight is 606 g/mol. The number of hydrogen-bond acceptors (Lipinski definition) is 11. The highest BCUT2D eigenvalue weighted by Gasteiger charge is 2.31. The van der Waals surface area contributed by atoms with E-state index in [9.17, 15) is 13.2 Å². The van der Waals surface area contributed by atoms with Crippen LogP contribution in [0, 0.1) is 6.92 Å². The topological polar surface area (TPSA) is 138 Å². The Labute approximate surface area is 250 Å². The zero-order chi connectivity index (χ0) is 29.5. The molecule has 7 rings (SSSR count). The van der Waals surface area contributed by atoms with Gasteiger partial charge in [0.05, 0.1) is 30.5 Å². The maximum atomic E-state index is 12.9. The number of nitrogens with one attached hydrogen (secondary N) is 1. The predicted octanol–water partition coefficient (Wildman–Crippen LogP) is 2.06. The second-order valence-corrected chi connectivity index (χ2v) is 12.3. The molecule has 13 nitrogen and oxygen atoms in total. The van der Waals surface area contributed by atoms with E-state index in [0.29, 0.717) is 24.5 Å². The normalized spacial score (nSPS) is 19.3. The maximum absolute atomic E-state index is 12.9. The van der Waals surface area contributed by atoms with E-state index in [1.54, 1.807) is 0 Å². The molecule has 0 aliphatic carbocycles. The van der Waals surface area contributed by atoms with E-state index in [2.05, 4.69) is 37.1 Å². The molecular formula is C29H35N9O4S. The van der Waals surface area contributed by atoms with Crippen LogP contribution in [0.4, 0.5) is 17.5 Å². The molecule has 14 heteroatoms. The lowest BCUT2D eigenvalue weighted by Gasteiger charge is -2.36. The Hall–Kier alpha value is -4.04. The fourth-order valence-corrected chi connectivity index (χ4v) is 6.47. The van der Waals surface area contributed by atoms with E-state index in [0.717, 1.165) is 85.9 Å². The minimum Gasteiger partial charge on any atom is -0.378 e. The van der Waals surface area contributed by atoms with Gasteiger partial charge in [-0.2, -0.15) is 9.61 Å².